The summed E-state index contributed by atoms with van der Waals surface area (Å²) >= 11 is 12.1. The lowest BCUT2D eigenvalue weighted by molar-refractivity contribution is 0.0905. The molecule has 0 aromatic heterocycles. The minimum atomic E-state index is 0.167. The maximum atomic E-state index is 6.38. The third kappa shape index (κ3) is 5.28. The van der Waals surface area contributed by atoms with Crippen molar-refractivity contribution in [2.45, 2.75) is 25.5 Å². The second-order valence-electron chi connectivity index (χ2n) is 6.60. The minimum Gasteiger partial charge on any atom is -0.497 e. The van der Waals surface area contributed by atoms with E-state index in [1.807, 2.05) is 42.5 Å². The summed E-state index contributed by atoms with van der Waals surface area (Å²) in [5, 5.41) is 4.63. The monoisotopic (exact) mass is 420 g/mol. The van der Waals surface area contributed by atoms with Gasteiger partial charge in [0.1, 0.15) is 11.5 Å². The van der Waals surface area contributed by atoms with E-state index in [1.165, 1.54) is 0 Å². The zero-order chi connectivity index (χ0) is 19.9. The summed E-state index contributed by atoms with van der Waals surface area (Å²) in [5.74, 6) is 1.39. The molecule has 1 saturated heterocycles. The zero-order valence-corrected chi connectivity index (χ0v) is 17.7. The molecule has 0 bridgehead atoms. The van der Waals surface area contributed by atoms with E-state index >= 15 is 0 Å². The fourth-order valence-electron chi connectivity index (χ4n) is 3.18. The molecule has 2 aromatic rings. The maximum Gasteiger partial charge on any atom is 0.173 e. The standard InChI is InChI=1S/C21H25ClN2O3S/c1-25-16-9-10-19(20(12-16)26-2)23-21(28)24(14-17-7-5-11-27-17)13-15-6-3-4-8-18(15)22/h3-4,6,8-10,12,17H,5,7,11,13-14H2,1-2H3,(H,23,28). The highest BCUT2D eigenvalue weighted by atomic mass is 35.5. The number of nitrogens with one attached hydrogen (secondary N) is 1. The third-order valence-corrected chi connectivity index (χ3v) is 5.43. The van der Waals surface area contributed by atoms with Gasteiger partial charge in [-0.25, -0.2) is 0 Å². The van der Waals surface area contributed by atoms with Gasteiger partial charge in [-0.2, -0.15) is 0 Å². The first-order valence-electron chi connectivity index (χ1n) is 9.23. The Morgan fingerprint density at radius 3 is 2.75 bits per heavy atom. The molecular weight excluding hydrogens is 396 g/mol. The van der Waals surface area contributed by atoms with Crippen molar-refractivity contribution < 1.29 is 14.2 Å². The van der Waals surface area contributed by atoms with Crippen LogP contribution in [0, 0.1) is 0 Å². The number of anilines is 1. The van der Waals surface area contributed by atoms with Crippen LogP contribution in [0.1, 0.15) is 18.4 Å². The number of nitrogens with zero attached hydrogens (tertiary/aromatic N) is 1. The van der Waals surface area contributed by atoms with E-state index in [0.29, 0.717) is 24.0 Å². The lowest BCUT2D eigenvalue weighted by Crippen LogP contribution is -2.39. The smallest absolute Gasteiger partial charge is 0.173 e. The SMILES string of the molecule is COc1ccc(NC(=S)N(Cc2ccccc2Cl)CC2CCCO2)c(OC)c1. The zero-order valence-electron chi connectivity index (χ0n) is 16.1. The van der Waals surface area contributed by atoms with Gasteiger partial charge in [-0.1, -0.05) is 29.8 Å². The van der Waals surface area contributed by atoms with Crippen molar-refractivity contribution in [2.24, 2.45) is 0 Å². The van der Waals surface area contributed by atoms with Crippen LogP contribution < -0.4 is 14.8 Å². The number of rotatable bonds is 7. The largest absolute Gasteiger partial charge is 0.497 e. The van der Waals surface area contributed by atoms with Gasteiger partial charge in [-0.15, -0.1) is 0 Å². The molecule has 0 radical (unpaired) electrons. The third-order valence-electron chi connectivity index (χ3n) is 4.70. The van der Waals surface area contributed by atoms with Crippen molar-refractivity contribution >= 4 is 34.6 Å². The van der Waals surface area contributed by atoms with Crippen molar-refractivity contribution in [2.75, 3.05) is 32.7 Å². The highest BCUT2D eigenvalue weighted by Gasteiger charge is 2.22. The Morgan fingerprint density at radius 2 is 2.07 bits per heavy atom. The van der Waals surface area contributed by atoms with Crippen molar-refractivity contribution in [1.29, 1.82) is 0 Å². The molecule has 1 N–H and O–H groups in total. The molecule has 1 aliphatic heterocycles. The maximum absolute atomic E-state index is 6.38. The predicted molar refractivity (Wildman–Crippen MR) is 117 cm³/mol. The predicted octanol–water partition coefficient (Wildman–Crippen LogP) is 4.74. The Bertz CT molecular complexity index is 812. The Balaban J connectivity index is 1.78. The Hall–Kier alpha value is -2.02. The summed E-state index contributed by atoms with van der Waals surface area (Å²) in [6.07, 6.45) is 2.28. The molecule has 1 fully saturated rings. The summed E-state index contributed by atoms with van der Waals surface area (Å²) in [5.41, 5.74) is 1.80. The van der Waals surface area contributed by atoms with Crippen LogP contribution in [0.3, 0.4) is 0 Å². The van der Waals surface area contributed by atoms with Crippen molar-refractivity contribution in [3.8, 4) is 11.5 Å². The quantitative estimate of drug-likeness (QED) is 0.653. The summed E-state index contributed by atoms with van der Waals surface area (Å²) in [6, 6.07) is 13.4. The average Bonchev–Trinajstić information content (AvgIpc) is 3.22. The van der Waals surface area contributed by atoms with Gasteiger partial charge in [0.05, 0.1) is 26.0 Å². The van der Waals surface area contributed by atoms with Crippen LogP contribution in [-0.2, 0) is 11.3 Å². The van der Waals surface area contributed by atoms with Gasteiger partial charge in [0, 0.05) is 30.8 Å². The van der Waals surface area contributed by atoms with E-state index in [-0.39, 0.29) is 6.10 Å². The Morgan fingerprint density at radius 1 is 1.25 bits per heavy atom. The highest BCUT2D eigenvalue weighted by Crippen LogP contribution is 2.30. The molecule has 1 unspecified atom stereocenters. The van der Waals surface area contributed by atoms with Gasteiger partial charge >= 0.3 is 0 Å². The van der Waals surface area contributed by atoms with E-state index in [0.717, 1.165) is 41.5 Å². The second kappa shape index (κ2) is 9.96. The topological polar surface area (TPSA) is 43.0 Å². The van der Waals surface area contributed by atoms with Crippen molar-refractivity contribution in [3.05, 3.63) is 53.1 Å². The van der Waals surface area contributed by atoms with E-state index in [4.69, 9.17) is 38.0 Å². The second-order valence-corrected chi connectivity index (χ2v) is 7.40. The lowest BCUT2D eigenvalue weighted by Gasteiger charge is -2.29. The van der Waals surface area contributed by atoms with Crippen LogP contribution in [0.2, 0.25) is 5.02 Å². The molecule has 0 saturated carbocycles. The molecule has 1 atom stereocenters. The van der Waals surface area contributed by atoms with Crippen molar-refractivity contribution in [3.63, 3.8) is 0 Å². The number of hydrogen-bond donors (Lipinski definition) is 1. The first kappa shape index (κ1) is 20.7. The molecule has 2 aromatic carbocycles. The van der Waals surface area contributed by atoms with E-state index in [9.17, 15) is 0 Å². The van der Waals surface area contributed by atoms with E-state index < -0.39 is 0 Å². The molecule has 0 amide bonds. The number of ether oxygens (including phenoxy) is 3. The normalized spacial score (nSPS) is 15.9. The lowest BCUT2D eigenvalue weighted by atomic mass is 10.2. The Kier molecular flexibility index (Phi) is 7.36. The number of thiocarbonyl (C=S) groups is 1. The van der Waals surface area contributed by atoms with Gasteiger partial charge in [-0.3, -0.25) is 0 Å². The fourth-order valence-corrected chi connectivity index (χ4v) is 3.63. The van der Waals surface area contributed by atoms with Gasteiger partial charge in [0.2, 0.25) is 0 Å². The molecule has 28 heavy (non-hydrogen) atoms. The molecular formula is C21H25ClN2O3S. The minimum absolute atomic E-state index is 0.167. The van der Waals surface area contributed by atoms with Crippen LogP contribution in [0.25, 0.3) is 0 Å². The van der Waals surface area contributed by atoms with E-state index in [2.05, 4.69) is 10.2 Å². The number of hydrogen-bond acceptors (Lipinski definition) is 4. The molecule has 7 heteroatoms. The van der Waals surface area contributed by atoms with Gasteiger partial charge in [0.15, 0.2) is 5.11 Å². The van der Waals surface area contributed by atoms with Gasteiger partial charge in [0.25, 0.3) is 0 Å². The molecule has 1 aliphatic rings. The first-order chi connectivity index (χ1) is 13.6. The molecule has 5 nitrogen and oxygen atoms in total. The van der Waals surface area contributed by atoms with Crippen LogP contribution in [0.4, 0.5) is 5.69 Å². The molecule has 0 spiro atoms. The highest BCUT2D eigenvalue weighted by molar-refractivity contribution is 7.80. The Labute approximate surface area is 176 Å². The number of benzene rings is 2. The fraction of sp³-hybridized carbons (Fsp3) is 0.381. The van der Waals surface area contributed by atoms with E-state index in [1.54, 1.807) is 14.2 Å². The van der Waals surface area contributed by atoms with Crippen LogP contribution in [-0.4, -0.2) is 43.5 Å². The van der Waals surface area contributed by atoms with Crippen LogP contribution in [0.5, 0.6) is 11.5 Å². The number of halogens is 1. The number of methoxy groups -OCH3 is 2. The molecule has 1 heterocycles. The molecule has 150 valence electrons. The summed E-state index contributed by atoms with van der Waals surface area (Å²) in [4.78, 5) is 2.09. The van der Waals surface area contributed by atoms with Gasteiger partial charge in [-0.05, 0) is 48.8 Å². The van der Waals surface area contributed by atoms with Gasteiger partial charge < -0.3 is 24.4 Å². The van der Waals surface area contributed by atoms with Crippen LogP contribution >= 0.6 is 23.8 Å². The van der Waals surface area contributed by atoms with Crippen LogP contribution in [0.15, 0.2) is 42.5 Å². The average molecular weight is 421 g/mol. The summed E-state index contributed by atoms with van der Waals surface area (Å²) in [7, 11) is 3.25. The first-order valence-corrected chi connectivity index (χ1v) is 10.0. The van der Waals surface area contributed by atoms with Crippen molar-refractivity contribution in [1.82, 2.24) is 4.90 Å². The summed E-state index contributed by atoms with van der Waals surface area (Å²) in [6.45, 7) is 2.11. The molecule has 3 rings (SSSR count). The molecule has 0 aliphatic carbocycles. The summed E-state index contributed by atoms with van der Waals surface area (Å²) < 4.78 is 16.6.